The minimum absolute atomic E-state index is 0.124. The van der Waals surface area contributed by atoms with Crippen molar-refractivity contribution in [1.29, 1.82) is 10.8 Å². The van der Waals surface area contributed by atoms with Gasteiger partial charge in [0.1, 0.15) is 5.60 Å². The van der Waals surface area contributed by atoms with Crippen molar-refractivity contribution in [1.82, 2.24) is 9.80 Å². The molecule has 0 aliphatic heterocycles. The summed E-state index contributed by atoms with van der Waals surface area (Å²) in [6.07, 6.45) is -0.519. The van der Waals surface area contributed by atoms with Gasteiger partial charge in [-0.2, -0.15) is 0 Å². The Balaban J connectivity index is 2.75. The molecule has 0 spiro atoms. The van der Waals surface area contributed by atoms with Crippen molar-refractivity contribution < 1.29 is 9.53 Å². The van der Waals surface area contributed by atoms with Crippen LogP contribution in [0.5, 0.6) is 0 Å². The highest BCUT2D eigenvalue weighted by molar-refractivity contribution is 5.94. The first-order chi connectivity index (χ1) is 11.0. The van der Waals surface area contributed by atoms with E-state index in [0.29, 0.717) is 12.2 Å². The van der Waals surface area contributed by atoms with E-state index in [-0.39, 0.29) is 11.9 Å². The van der Waals surface area contributed by atoms with Crippen LogP contribution >= 0.6 is 0 Å². The fourth-order valence-corrected chi connectivity index (χ4v) is 1.81. The average Bonchev–Trinajstić information content (AvgIpc) is 2.43. The molecule has 0 radical (unpaired) electrons. The molecule has 24 heavy (non-hydrogen) atoms. The number of guanidine groups is 2. The minimum atomic E-state index is -0.557. The van der Waals surface area contributed by atoms with Gasteiger partial charge in [-0.1, -0.05) is 12.1 Å². The van der Waals surface area contributed by atoms with Gasteiger partial charge in [0, 0.05) is 19.8 Å². The molecule has 0 aliphatic carbocycles. The molecular formula is C16H26N6O2. The van der Waals surface area contributed by atoms with E-state index in [1.807, 2.05) is 0 Å². The zero-order valence-corrected chi connectivity index (χ0v) is 14.8. The summed E-state index contributed by atoms with van der Waals surface area (Å²) in [5.74, 6) is -0.0805. The molecule has 0 saturated carbocycles. The number of rotatable bonds is 3. The average molecular weight is 334 g/mol. The number of nitrogens with one attached hydrogen (secondary N) is 3. The maximum absolute atomic E-state index is 11.7. The summed E-state index contributed by atoms with van der Waals surface area (Å²) < 4.78 is 5.19. The van der Waals surface area contributed by atoms with E-state index in [2.05, 4.69) is 5.32 Å². The van der Waals surface area contributed by atoms with Gasteiger partial charge in [0.25, 0.3) is 0 Å². The van der Waals surface area contributed by atoms with E-state index in [9.17, 15) is 4.79 Å². The van der Waals surface area contributed by atoms with Crippen molar-refractivity contribution in [2.45, 2.75) is 32.9 Å². The monoisotopic (exact) mass is 334 g/mol. The quantitative estimate of drug-likeness (QED) is 0.499. The highest BCUT2D eigenvalue weighted by Crippen LogP contribution is 2.14. The van der Waals surface area contributed by atoms with Gasteiger partial charge in [-0.25, -0.2) is 4.79 Å². The molecule has 0 aromatic heterocycles. The summed E-state index contributed by atoms with van der Waals surface area (Å²) in [5, 5.41) is 18.2. The second-order valence-corrected chi connectivity index (χ2v) is 6.51. The van der Waals surface area contributed by atoms with E-state index in [1.54, 1.807) is 64.0 Å². The maximum Gasteiger partial charge on any atom is 0.412 e. The van der Waals surface area contributed by atoms with Gasteiger partial charge in [-0.05, 0) is 38.5 Å². The van der Waals surface area contributed by atoms with Gasteiger partial charge in [-0.15, -0.1) is 0 Å². The maximum atomic E-state index is 11.7. The lowest BCUT2D eigenvalue weighted by Crippen LogP contribution is -2.46. The fraction of sp³-hybridized carbons (Fsp3) is 0.438. The molecule has 0 fully saturated rings. The van der Waals surface area contributed by atoms with E-state index in [4.69, 9.17) is 21.3 Å². The second-order valence-electron chi connectivity index (χ2n) is 6.51. The summed E-state index contributed by atoms with van der Waals surface area (Å²) in [6.45, 7) is 5.68. The number of nitrogens with zero attached hydrogens (tertiary/aromatic N) is 2. The SMILES string of the molecule is CN(C)C(=N)N(Cc1ccc(NC(=O)OC(C)(C)C)cc1)C(=N)N. The van der Waals surface area contributed by atoms with Crippen LogP contribution in [-0.2, 0) is 11.3 Å². The highest BCUT2D eigenvalue weighted by atomic mass is 16.6. The summed E-state index contributed by atoms with van der Waals surface area (Å²) in [4.78, 5) is 14.7. The van der Waals surface area contributed by atoms with E-state index in [1.165, 1.54) is 4.90 Å². The number of amides is 1. The number of ether oxygens (including phenoxy) is 1. The third-order valence-corrected chi connectivity index (χ3v) is 2.91. The van der Waals surface area contributed by atoms with E-state index in [0.717, 1.165) is 5.56 Å². The van der Waals surface area contributed by atoms with Crippen LogP contribution in [0, 0.1) is 10.8 Å². The molecule has 0 saturated heterocycles. The summed E-state index contributed by atoms with van der Waals surface area (Å²) >= 11 is 0. The van der Waals surface area contributed by atoms with Crippen LogP contribution in [0.1, 0.15) is 26.3 Å². The molecule has 8 heteroatoms. The highest BCUT2D eigenvalue weighted by Gasteiger charge is 2.17. The lowest BCUT2D eigenvalue weighted by molar-refractivity contribution is 0.0636. The summed E-state index contributed by atoms with van der Waals surface area (Å²) in [5.41, 5.74) is 6.44. The molecule has 0 unspecified atom stereocenters. The summed E-state index contributed by atoms with van der Waals surface area (Å²) in [7, 11) is 3.43. The van der Waals surface area contributed by atoms with Crippen LogP contribution in [0.3, 0.4) is 0 Å². The van der Waals surface area contributed by atoms with Gasteiger partial charge in [-0.3, -0.25) is 21.0 Å². The molecule has 1 aromatic rings. The number of carbonyl (C=O) groups is 1. The standard InChI is InChI=1S/C16H26N6O2/c1-16(2,3)24-15(23)20-12-8-6-11(7-9-12)10-22(13(17)18)14(19)21(4)5/h6-9,19H,10H2,1-5H3,(H3,17,18)(H,20,23). The van der Waals surface area contributed by atoms with Gasteiger partial charge in [0.2, 0.25) is 0 Å². The summed E-state index contributed by atoms with van der Waals surface area (Å²) in [6, 6.07) is 7.06. The number of anilines is 1. The Kier molecular flexibility index (Phi) is 6.16. The molecule has 0 heterocycles. The molecule has 0 aliphatic rings. The molecule has 1 aromatic carbocycles. The van der Waals surface area contributed by atoms with Crippen molar-refractivity contribution in [3.05, 3.63) is 29.8 Å². The smallest absolute Gasteiger partial charge is 0.412 e. The van der Waals surface area contributed by atoms with Crippen LogP contribution in [0.25, 0.3) is 0 Å². The number of hydrogen-bond acceptors (Lipinski definition) is 4. The third kappa shape index (κ3) is 6.15. The van der Waals surface area contributed by atoms with Crippen LogP contribution in [0.2, 0.25) is 0 Å². The topological polar surface area (TPSA) is 119 Å². The Bertz CT molecular complexity index is 604. The molecule has 5 N–H and O–H groups in total. The fourth-order valence-electron chi connectivity index (χ4n) is 1.81. The van der Waals surface area contributed by atoms with Crippen LogP contribution in [0.4, 0.5) is 10.5 Å². The van der Waals surface area contributed by atoms with Crippen molar-refractivity contribution in [2.24, 2.45) is 5.73 Å². The van der Waals surface area contributed by atoms with Gasteiger partial charge in [0.15, 0.2) is 11.9 Å². The second kappa shape index (κ2) is 7.67. The number of benzene rings is 1. The van der Waals surface area contributed by atoms with Crippen molar-refractivity contribution in [3.63, 3.8) is 0 Å². The van der Waals surface area contributed by atoms with Gasteiger partial charge in [0.05, 0.1) is 6.54 Å². The number of carbonyl (C=O) groups excluding carboxylic acids is 1. The predicted octanol–water partition coefficient (Wildman–Crippen LogP) is 2.23. The largest absolute Gasteiger partial charge is 0.444 e. The first-order valence-electron chi connectivity index (χ1n) is 7.46. The van der Waals surface area contributed by atoms with Crippen molar-refractivity contribution in [3.8, 4) is 0 Å². The molecule has 0 bridgehead atoms. The molecule has 8 nitrogen and oxygen atoms in total. The Morgan fingerprint density at radius 2 is 1.75 bits per heavy atom. The zero-order chi connectivity index (χ0) is 18.5. The normalized spacial score (nSPS) is 10.7. The minimum Gasteiger partial charge on any atom is -0.444 e. The first-order valence-corrected chi connectivity index (χ1v) is 7.46. The Labute approximate surface area is 142 Å². The number of nitrogens with two attached hydrogens (primary N) is 1. The van der Waals surface area contributed by atoms with Gasteiger partial charge < -0.3 is 15.4 Å². The lowest BCUT2D eigenvalue weighted by atomic mass is 10.2. The van der Waals surface area contributed by atoms with Crippen molar-refractivity contribution in [2.75, 3.05) is 19.4 Å². The van der Waals surface area contributed by atoms with E-state index < -0.39 is 11.7 Å². The lowest BCUT2D eigenvalue weighted by Gasteiger charge is -2.27. The zero-order valence-electron chi connectivity index (χ0n) is 14.8. The predicted molar refractivity (Wildman–Crippen MR) is 95.2 cm³/mol. The Morgan fingerprint density at radius 3 is 2.17 bits per heavy atom. The van der Waals surface area contributed by atoms with Crippen LogP contribution in [-0.4, -0.2) is 47.5 Å². The van der Waals surface area contributed by atoms with Crippen LogP contribution < -0.4 is 11.1 Å². The molecule has 132 valence electrons. The Hall–Kier alpha value is -2.77. The number of hydrogen-bond donors (Lipinski definition) is 4. The molecule has 0 atom stereocenters. The third-order valence-electron chi connectivity index (χ3n) is 2.91. The van der Waals surface area contributed by atoms with Crippen LogP contribution in [0.15, 0.2) is 24.3 Å². The molecule has 1 rings (SSSR count). The molecular weight excluding hydrogens is 308 g/mol. The van der Waals surface area contributed by atoms with Crippen molar-refractivity contribution >= 4 is 23.7 Å². The van der Waals surface area contributed by atoms with Gasteiger partial charge >= 0.3 is 6.09 Å². The first kappa shape index (κ1) is 19.3. The Morgan fingerprint density at radius 1 is 1.21 bits per heavy atom. The molecule has 1 amide bonds. The van der Waals surface area contributed by atoms with E-state index >= 15 is 0 Å².